The Bertz CT molecular complexity index is 822. The number of amides is 1. The van der Waals surface area contributed by atoms with E-state index in [-0.39, 0.29) is 36.3 Å². The van der Waals surface area contributed by atoms with Crippen LogP contribution in [-0.4, -0.2) is 55.0 Å². The minimum Gasteiger partial charge on any atom is -0.464 e. The van der Waals surface area contributed by atoms with E-state index in [1.165, 1.54) is 18.2 Å². The lowest BCUT2D eigenvalue weighted by molar-refractivity contribution is -0.148. The smallest absolute Gasteiger partial charge is 0.416 e. The molecule has 2 rings (SSSR count). The summed E-state index contributed by atoms with van der Waals surface area (Å²) in [6, 6.07) is 4.49. The minimum absolute atomic E-state index is 0.00239. The monoisotopic (exact) mass is 455 g/mol. The fraction of sp³-hybridized carbons (Fsp3) is 0.522. The first kappa shape index (κ1) is 25.6. The van der Waals surface area contributed by atoms with E-state index in [0.29, 0.717) is 45.4 Å². The zero-order chi connectivity index (χ0) is 23.6. The van der Waals surface area contributed by atoms with Gasteiger partial charge in [0.1, 0.15) is 6.61 Å². The quantitative estimate of drug-likeness (QED) is 0.273. The highest BCUT2D eigenvalue weighted by molar-refractivity contribution is 5.91. The van der Waals surface area contributed by atoms with Crippen LogP contribution in [0.1, 0.15) is 43.7 Å². The Kier molecular flexibility index (Phi) is 9.90. The van der Waals surface area contributed by atoms with Crippen LogP contribution in [0.25, 0.3) is 0 Å². The van der Waals surface area contributed by atoms with E-state index in [2.05, 4.69) is 0 Å². The second kappa shape index (κ2) is 12.4. The Hall–Kier alpha value is -2.68. The third-order valence-corrected chi connectivity index (χ3v) is 4.97. The molecule has 0 aliphatic carbocycles. The molecule has 0 unspecified atom stereocenters. The molecule has 6 nitrogen and oxygen atoms in total. The summed E-state index contributed by atoms with van der Waals surface area (Å²) >= 11 is 0. The summed E-state index contributed by atoms with van der Waals surface area (Å²) < 4.78 is 48.4. The molecule has 1 fully saturated rings. The number of nitrogens with zero attached hydrogens (tertiary/aromatic N) is 1. The SMILES string of the molecule is CCOC(=O)COCCCCN1C(=O)CC[C@@H]1C=CC(=O)Cc1cccc(C(F)(F)F)c1. The van der Waals surface area contributed by atoms with Crippen LogP contribution < -0.4 is 0 Å². The lowest BCUT2D eigenvalue weighted by atomic mass is 10.0. The predicted molar refractivity (Wildman–Crippen MR) is 111 cm³/mol. The maximum absolute atomic E-state index is 12.8. The second-order valence-corrected chi connectivity index (χ2v) is 7.46. The van der Waals surface area contributed by atoms with Gasteiger partial charge in [0.2, 0.25) is 5.91 Å². The Morgan fingerprint density at radius 1 is 1.25 bits per heavy atom. The molecule has 0 aromatic heterocycles. The van der Waals surface area contributed by atoms with Crippen molar-refractivity contribution in [3.8, 4) is 0 Å². The Labute approximate surface area is 185 Å². The third kappa shape index (κ3) is 8.45. The van der Waals surface area contributed by atoms with Gasteiger partial charge in [0.25, 0.3) is 0 Å². The molecule has 0 N–H and O–H groups in total. The number of hydrogen-bond donors (Lipinski definition) is 0. The number of rotatable bonds is 12. The highest BCUT2D eigenvalue weighted by atomic mass is 19.4. The van der Waals surface area contributed by atoms with E-state index >= 15 is 0 Å². The fourth-order valence-corrected chi connectivity index (χ4v) is 3.43. The van der Waals surface area contributed by atoms with Crippen molar-refractivity contribution < 1.29 is 37.0 Å². The first-order chi connectivity index (χ1) is 15.2. The number of likely N-dealkylation sites (tertiary alicyclic amines) is 1. The van der Waals surface area contributed by atoms with Gasteiger partial charge in [0.05, 0.1) is 18.2 Å². The summed E-state index contributed by atoms with van der Waals surface area (Å²) in [4.78, 5) is 37.2. The molecule has 176 valence electrons. The van der Waals surface area contributed by atoms with Crippen LogP contribution in [0.2, 0.25) is 0 Å². The molecule has 0 bridgehead atoms. The van der Waals surface area contributed by atoms with Gasteiger partial charge in [-0.2, -0.15) is 13.2 Å². The number of carbonyl (C=O) groups excluding carboxylic acids is 3. The van der Waals surface area contributed by atoms with Crippen molar-refractivity contribution in [2.45, 2.75) is 51.2 Å². The van der Waals surface area contributed by atoms with E-state index in [9.17, 15) is 27.6 Å². The van der Waals surface area contributed by atoms with Crippen LogP contribution >= 0.6 is 0 Å². The number of esters is 1. The molecule has 1 saturated heterocycles. The summed E-state index contributed by atoms with van der Waals surface area (Å²) in [5.74, 6) is -0.740. The Balaban J connectivity index is 1.79. The van der Waals surface area contributed by atoms with Gasteiger partial charge in [-0.25, -0.2) is 4.79 Å². The zero-order valence-electron chi connectivity index (χ0n) is 18.0. The molecule has 0 spiro atoms. The maximum atomic E-state index is 12.8. The first-order valence-electron chi connectivity index (χ1n) is 10.6. The van der Waals surface area contributed by atoms with Gasteiger partial charge in [-0.05, 0) is 43.9 Å². The topological polar surface area (TPSA) is 72.9 Å². The largest absolute Gasteiger partial charge is 0.464 e. The molecular weight excluding hydrogens is 427 g/mol. The molecule has 32 heavy (non-hydrogen) atoms. The molecule has 0 radical (unpaired) electrons. The average Bonchev–Trinajstić information content (AvgIpc) is 3.08. The summed E-state index contributed by atoms with van der Waals surface area (Å²) in [6.45, 7) is 2.79. The van der Waals surface area contributed by atoms with Crippen molar-refractivity contribution in [1.29, 1.82) is 0 Å². The Morgan fingerprint density at radius 3 is 2.75 bits per heavy atom. The molecule has 1 aliphatic rings. The number of alkyl halides is 3. The van der Waals surface area contributed by atoms with Gasteiger partial charge >= 0.3 is 12.1 Å². The fourth-order valence-electron chi connectivity index (χ4n) is 3.43. The number of ketones is 1. The van der Waals surface area contributed by atoms with Crippen LogP contribution in [0.3, 0.4) is 0 Å². The van der Waals surface area contributed by atoms with Crippen LogP contribution in [0.4, 0.5) is 13.2 Å². The number of unbranched alkanes of at least 4 members (excludes halogenated alkanes) is 1. The van der Waals surface area contributed by atoms with Gasteiger partial charge in [-0.3, -0.25) is 9.59 Å². The lowest BCUT2D eigenvalue weighted by Crippen LogP contribution is -2.33. The first-order valence-corrected chi connectivity index (χ1v) is 10.6. The summed E-state index contributed by atoms with van der Waals surface area (Å²) in [5, 5.41) is 0. The summed E-state index contributed by atoms with van der Waals surface area (Å²) in [6.07, 6.45) is 0.715. The summed E-state index contributed by atoms with van der Waals surface area (Å²) in [7, 11) is 0. The van der Waals surface area contributed by atoms with Crippen molar-refractivity contribution in [3.63, 3.8) is 0 Å². The predicted octanol–water partition coefficient (Wildman–Crippen LogP) is 3.72. The van der Waals surface area contributed by atoms with E-state index < -0.39 is 17.7 Å². The van der Waals surface area contributed by atoms with Gasteiger partial charge in [-0.1, -0.05) is 24.3 Å². The summed E-state index contributed by atoms with van der Waals surface area (Å²) in [5.41, 5.74) is -0.498. The van der Waals surface area contributed by atoms with Crippen molar-refractivity contribution in [1.82, 2.24) is 4.90 Å². The standard InChI is InChI=1S/C23H28F3NO5/c1-2-32-22(30)16-31-13-4-3-12-27-19(9-11-21(27)29)8-10-20(28)15-17-6-5-7-18(14-17)23(24,25)26/h5-8,10,14,19H,2-4,9,11-13,15-16H2,1H3/t19-/m0/s1. The van der Waals surface area contributed by atoms with E-state index in [1.54, 1.807) is 17.9 Å². The van der Waals surface area contributed by atoms with Gasteiger partial charge < -0.3 is 14.4 Å². The van der Waals surface area contributed by atoms with Crippen molar-refractivity contribution >= 4 is 17.7 Å². The molecule has 1 aromatic rings. The molecule has 1 amide bonds. The molecule has 1 aromatic carbocycles. The average molecular weight is 455 g/mol. The number of allylic oxidation sites excluding steroid dienone is 1. The van der Waals surface area contributed by atoms with Crippen molar-refractivity contribution in [3.05, 3.63) is 47.5 Å². The van der Waals surface area contributed by atoms with Crippen LogP contribution in [0.15, 0.2) is 36.4 Å². The van der Waals surface area contributed by atoms with Gasteiger partial charge in [0, 0.05) is 26.0 Å². The van der Waals surface area contributed by atoms with Crippen molar-refractivity contribution in [2.24, 2.45) is 0 Å². The molecule has 9 heteroatoms. The van der Waals surface area contributed by atoms with Crippen LogP contribution in [-0.2, 0) is 36.5 Å². The normalized spacial score (nSPS) is 16.7. The van der Waals surface area contributed by atoms with E-state index in [1.807, 2.05) is 0 Å². The lowest BCUT2D eigenvalue weighted by Gasteiger charge is -2.22. The van der Waals surface area contributed by atoms with Crippen molar-refractivity contribution in [2.75, 3.05) is 26.4 Å². The highest BCUT2D eigenvalue weighted by Crippen LogP contribution is 2.29. The number of benzene rings is 1. The zero-order valence-corrected chi connectivity index (χ0v) is 18.0. The van der Waals surface area contributed by atoms with Gasteiger partial charge in [-0.15, -0.1) is 0 Å². The molecule has 1 atom stereocenters. The number of ether oxygens (including phenoxy) is 2. The number of halogens is 3. The molecule has 1 heterocycles. The van der Waals surface area contributed by atoms with Crippen LogP contribution in [0.5, 0.6) is 0 Å². The number of carbonyl (C=O) groups is 3. The minimum atomic E-state index is -4.45. The molecule has 0 saturated carbocycles. The third-order valence-electron chi connectivity index (χ3n) is 4.97. The molecular formula is C23H28F3NO5. The van der Waals surface area contributed by atoms with E-state index in [0.717, 1.165) is 12.1 Å². The Morgan fingerprint density at radius 2 is 2.03 bits per heavy atom. The number of hydrogen-bond acceptors (Lipinski definition) is 5. The van der Waals surface area contributed by atoms with Crippen LogP contribution in [0, 0.1) is 0 Å². The molecule has 1 aliphatic heterocycles. The van der Waals surface area contributed by atoms with Gasteiger partial charge in [0.15, 0.2) is 5.78 Å². The van der Waals surface area contributed by atoms with E-state index in [4.69, 9.17) is 9.47 Å². The highest BCUT2D eigenvalue weighted by Gasteiger charge is 2.30. The maximum Gasteiger partial charge on any atom is 0.416 e. The second-order valence-electron chi connectivity index (χ2n) is 7.46.